The van der Waals surface area contributed by atoms with Crippen molar-refractivity contribution in [3.8, 4) is 23.0 Å². The van der Waals surface area contributed by atoms with Gasteiger partial charge in [0.25, 0.3) is 0 Å². The van der Waals surface area contributed by atoms with E-state index < -0.39 is 5.25 Å². The zero-order chi connectivity index (χ0) is 26.9. The first kappa shape index (κ1) is 27.7. The van der Waals surface area contributed by atoms with Crippen LogP contribution in [0.4, 0.5) is 5.69 Å². The van der Waals surface area contributed by atoms with E-state index in [4.69, 9.17) is 18.9 Å². The van der Waals surface area contributed by atoms with Gasteiger partial charge in [-0.3, -0.25) is 4.79 Å². The van der Waals surface area contributed by atoms with Gasteiger partial charge >= 0.3 is 0 Å². The van der Waals surface area contributed by atoms with Gasteiger partial charge in [0.05, 0.1) is 26.5 Å². The predicted molar refractivity (Wildman–Crippen MR) is 152 cm³/mol. The molecule has 0 spiro atoms. The molecule has 3 aromatic carbocycles. The minimum Gasteiger partial charge on any atom is -0.497 e. The highest BCUT2D eigenvalue weighted by molar-refractivity contribution is 8.00. The number of ether oxygens (including phenoxy) is 4. The molecule has 3 aromatic rings. The number of benzene rings is 3. The van der Waals surface area contributed by atoms with Gasteiger partial charge in [-0.2, -0.15) is 0 Å². The van der Waals surface area contributed by atoms with E-state index in [0.717, 1.165) is 59.3 Å². The van der Waals surface area contributed by atoms with Crippen molar-refractivity contribution in [1.82, 2.24) is 4.90 Å². The van der Waals surface area contributed by atoms with Crippen LogP contribution in [0.25, 0.3) is 0 Å². The number of rotatable bonds is 13. The van der Waals surface area contributed by atoms with Crippen molar-refractivity contribution >= 4 is 23.4 Å². The highest BCUT2D eigenvalue weighted by Crippen LogP contribution is 2.48. The van der Waals surface area contributed by atoms with Crippen molar-refractivity contribution in [2.45, 2.75) is 23.0 Å². The molecular weight excluding hydrogens is 500 g/mol. The summed E-state index contributed by atoms with van der Waals surface area (Å²) in [7, 11) is 7.21. The van der Waals surface area contributed by atoms with Crippen LogP contribution in [0.15, 0.2) is 71.6 Å². The Morgan fingerprint density at radius 1 is 0.842 bits per heavy atom. The summed E-state index contributed by atoms with van der Waals surface area (Å²) in [4.78, 5) is 18.3. The van der Waals surface area contributed by atoms with E-state index >= 15 is 0 Å². The number of carbonyl (C=O) groups is 1. The Morgan fingerprint density at radius 2 is 1.55 bits per heavy atom. The molecule has 7 nitrogen and oxygen atoms in total. The summed E-state index contributed by atoms with van der Waals surface area (Å²) in [5.74, 6) is 3.13. The fourth-order valence-corrected chi connectivity index (χ4v) is 5.57. The Hall–Kier alpha value is -3.36. The topological polar surface area (TPSA) is 60.5 Å². The summed E-state index contributed by atoms with van der Waals surface area (Å²) in [6, 6.07) is 21.3. The first-order chi connectivity index (χ1) is 18.5. The van der Waals surface area contributed by atoms with Crippen molar-refractivity contribution in [2.75, 3.05) is 59.5 Å². The quantitative estimate of drug-likeness (QED) is 0.260. The lowest BCUT2D eigenvalue weighted by molar-refractivity contribution is -0.118. The van der Waals surface area contributed by atoms with E-state index in [-0.39, 0.29) is 5.91 Å². The number of unbranched alkanes of at least 4 members (excludes halogenated alkanes) is 1. The van der Waals surface area contributed by atoms with Crippen molar-refractivity contribution in [3.63, 3.8) is 0 Å². The molecule has 1 aliphatic rings. The SMILES string of the molecule is COc1ccc(OCCN(C)CCCCOc2ccc(OC)cc2C2Sc3ccccc3N(C)C2=O)cc1. The molecule has 1 unspecified atom stereocenters. The molecule has 0 fully saturated rings. The number of methoxy groups -OCH3 is 2. The molecule has 1 amide bonds. The van der Waals surface area contributed by atoms with Gasteiger partial charge < -0.3 is 28.7 Å². The third kappa shape index (κ3) is 6.94. The van der Waals surface area contributed by atoms with Gasteiger partial charge in [-0.25, -0.2) is 0 Å². The molecule has 8 heteroatoms. The van der Waals surface area contributed by atoms with Crippen LogP contribution in [-0.4, -0.2) is 65.4 Å². The van der Waals surface area contributed by atoms with Gasteiger partial charge in [-0.1, -0.05) is 12.1 Å². The highest BCUT2D eigenvalue weighted by Gasteiger charge is 2.34. The van der Waals surface area contributed by atoms with E-state index in [2.05, 4.69) is 18.0 Å². The maximum atomic E-state index is 13.3. The molecule has 0 aromatic heterocycles. The van der Waals surface area contributed by atoms with Crippen molar-refractivity contribution in [1.29, 1.82) is 0 Å². The molecule has 0 saturated carbocycles. The molecule has 0 N–H and O–H groups in total. The molecule has 38 heavy (non-hydrogen) atoms. The van der Waals surface area contributed by atoms with Crippen LogP contribution in [0.3, 0.4) is 0 Å². The second-order valence-electron chi connectivity index (χ2n) is 9.15. The third-order valence-electron chi connectivity index (χ3n) is 6.52. The second kappa shape index (κ2) is 13.4. The molecule has 4 rings (SSSR count). The lowest BCUT2D eigenvalue weighted by Gasteiger charge is -2.32. The summed E-state index contributed by atoms with van der Waals surface area (Å²) in [6.45, 7) is 2.99. The van der Waals surface area contributed by atoms with Crippen LogP contribution in [0, 0.1) is 0 Å². The Kier molecular flexibility index (Phi) is 9.79. The van der Waals surface area contributed by atoms with Crippen LogP contribution >= 0.6 is 11.8 Å². The second-order valence-corrected chi connectivity index (χ2v) is 10.3. The average molecular weight is 537 g/mol. The minimum atomic E-state index is -0.392. The summed E-state index contributed by atoms with van der Waals surface area (Å²) in [5, 5.41) is -0.392. The van der Waals surface area contributed by atoms with E-state index in [9.17, 15) is 4.79 Å². The Labute approximate surface area is 229 Å². The van der Waals surface area contributed by atoms with Crippen LogP contribution in [0.1, 0.15) is 23.7 Å². The summed E-state index contributed by atoms with van der Waals surface area (Å²) < 4.78 is 22.7. The molecule has 0 bridgehead atoms. The predicted octanol–water partition coefficient (Wildman–Crippen LogP) is 5.68. The Morgan fingerprint density at radius 3 is 2.32 bits per heavy atom. The maximum Gasteiger partial charge on any atom is 0.244 e. The first-order valence-electron chi connectivity index (χ1n) is 12.8. The molecule has 0 saturated heterocycles. The first-order valence-corrected chi connectivity index (χ1v) is 13.7. The fourth-order valence-electron chi connectivity index (χ4n) is 4.26. The summed E-state index contributed by atoms with van der Waals surface area (Å²) >= 11 is 1.56. The molecule has 1 heterocycles. The van der Waals surface area contributed by atoms with Crippen molar-refractivity contribution in [3.05, 3.63) is 72.3 Å². The number of amides is 1. The van der Waals surface area contributed by atoms with Gasteiger partial charge in [0.2, 0.25) is 5.91 Å². The zero-order valence-corrected chi connectivity index (χ0v) is 23.3. The number of thioether (sulfide) groups is 1. The molecule has 0 aliphatic carbocycles. The number of para-hydroxylation sites is 1. The monoisotopic (exact) mass is 536 g/mol. The summed E-state index contributed by atoms with van der Waals surface area (Å²) in [5.41, 5.74) is 1.77. The zero-order valence-electron chi connectivity index (χ0n) is 22.5. The number of carbonyl (C=O) groups excluding carboxylic acids is 1. The lowest BCUT2D eigenvalue weighted by Crippen LogP contribution is -2.33. The maximum absolute atomic E-state index is 13.3. The Bertz CT molecular complexity index is 1200. The Balaban J connectivity index is 1.26. The number of nitrogens with zero attached hydrogens (tertiary/aromatic N) is 2. The van der Waals surface area contributed by atoms with Gasteiger partial charge in [-0.05, 0) is 81.0 Å². The van der Waals surface area contributed by atoms with Crippen LogP contribution in [-0.2, 0) is 4.79 Å². The summed E-state index contributed by atoms with van der Waals surface area (Å²) in [6.07, 6.45) is 1.90. The van der Waals surface area contributed by atoms with Crippen LogP contribution in [0.2, 0.25) is 0 Å². The fraction of sp³-hybridized carbons (Fsp3) is 0.367. The number of likely N-dealkylation sites (N-methyl/N-ethyl adjacent to an activating group) is 2. The van der Waals surface area contributed by atoms with Crippen molar-refractivity contribution in [2.24, 2.45) is 0 Å². The normalized spacial score (nSPS) is 14.8. The molecule has 202 valence electrons. The number of fused-ring (bicyclic) bond motifs is 1. The van der Waals surface area contributed by atoms with E-state index in [1.54, 1.807) is 30.9 Å². The average Bonchev–Trinajstić information content (AvgIpc) is 2.95. The number of anilines is 1. The molecule has 1 aliphatic heterocycles. The van der Waals surface area contributed by atoms with Crippen LogP contribution < -0.4 is 23.8 Å². The van der Waals surface area contributed by atoms with Crippen molar-refractivity contribution < 1.29 is 23.7 Å². The molecular formula is C30H36N2O5S. The number of hydrogen-bond donors (Lipinski definition) is 0. The minimum absolute atomic E-state index is 0.0327. The molecule has 0 radical (unpaired) electrons. The van der Waals surface area contributed by atoms with E-state index in [1.807, 2.05) is 67.7 Å². The van der Waals surface area contributed by atoms with Gasteiger partial charge in [0, 0.05) is 24.1 Å². The largest absolute Gasteiger partial charge is 0.497 e. The van der Waals surface area contributed by atoms with Crippen LogP contribution in [0.5, 0.6) is 23.0 Å². The molecule has 1 atom stereocenters. The van der Waals surface area contributed by atoms with Gasteiger partial charge in [-0.15, -0.1) is 11.8 Å². The smallest absolute Gasteiger partial charge is 0.244 e. The highest BCUT2D eigenvalue weighted by atomic mass is 32.2. The standard InChI is InChI=1S/C30H36N2O5S/c1-31(18-20-36-23-13-11-22(34-3)12-14-23)17-7-8-19-37-27-16-15-24(35-4)21-25(27)29-30(33)32(2)26-9-5-6-10-28(26)38-29/h5-6,9-16,21,29H,7-8,17-20H2,1-4H3. The van der Waals surface area contributed by atoms with E-state index in [0.29, 0.717) is 19.0 Å². The number of hydrogen-bond acceptors (Lipinski definition) is 7. The lowest BCUT2D eigenvalue weighted by atomic mass is 10.1. The van der Waals surface area contributed by atoms with Gasteiger partial charge in [0.1, 0.15) is 34.9 Å². The van der Waals surface area contributed by atoms with E-state index in [1.165, 1.54) is 0 Å². The third-order valence-corrected chi connectivity index (χ3v) is 7.81. The van der Waals surface area contributed by atoms with Gasteiger partial charge in [0.15, 0.2) is 0 Å².